The number of thiazole rings is 1. The highest BCUT2D eigenvalue weighted by Gasteiger charge is 2.06. The summed E-state index contributed by atoms with van der Waals surface area (Å²) in [5, 5.41) is 3.68. The number of amides is 1. The zero-order valence-electron chi connectivity index (χ0n) is 6.85. The molecule has 0 saturated carbocycles. The van der Waals surface area contributed by atoms with Crippen LogP contribution in [-0.2, 0) is 4.79 Å². The molecule has 1 aromatic heterocycles. The summed E-state index contributed by atoms with van der Waals surface area (Å²) in [5.74, 6) is -0.0413. The number of anilines is 1. The van der Waals surface area contributed by atoms with Crippen LogP contribution in [0.2, 0.25) is 5.15 Å². The molecule has 0 atom stereocenters. The Labute approximate surface area is 79.8 Å². The third-order valence-corrected chi connectivity index (χ3v) is 2.67. The largest absolute Gasteiger partial charge is 0.302 e. The first-order chi connectivity index (χ1) is 5.63. The molecule has 1 aromatic rings. The number of rotatable bonds is 2. The summed E-state index contributed by atoms with van der Waals surface area (Å²) in [7, 11) is 0. The molecule has 0 spiro atoms. The first-order valence-electron chi connectivity index (χ1n) is 3.56. The first kappa shape index (κ1) is 9.48. The van der Waals surface area contributed by atoms with E-state index in [1.807, 2.05) is 6.92 Å². The van der Waals surface area contributed by atoms with Gasteiger partial charge in [0.15, 0.2) is 5.13 Å². The molecule has 0 radical (unpaired) electrons. The van der Waals surface area contributed by atoms with E-state index in [0.29, 0.717) is 16.7 Å². The van der Waals surface area contributed by atoms with Gasteiger partial charge in [-0.1, -0.05) is 18.5 Å². The number of aryl methyl sites for hydroxylation is 1. The lowest BCUT2D eigenvalue weighted by atomic mass is 10.5. The smallest absolute Gasteiger partial charge is 0.225 e. The average Bonchev–Trinajstić information content (AvgIpc) is 2.31. The van der Waals surface area contributed by atoms with Crippen LogP contribution in [0.15, 0.2) is 0 Å². The van der Waals surface area contributed by atoms with Crippen molar-refractivity contribution in [2.45, 2.75) is 20.3 Å². The summed E-state index contributed by atoms with van der Waals surface area (Å²) in [6.07, 6.45) is 0.455. The molecule has 12 heavy (non-hydrogen) atoms. The third-order valence-electron chi connectivity index (χ3n) is 1.31. The molecule has 1 rings (SSSR count). The Bertz CT molecular complexity index is 278. The van der Waals surface area contributed by atoms with Crippen LogP contribution in [-0.4, -0.2) is 10.9 Å². The van der Waals surface area contributed by atoms with Crippen molar-refractivity contribution in [1.29, 1.82) is 0 Å². The van der Waals surface area contributed by atoms with Crippen LogP contribution in [0, 0.1) is 6.92 Å². The standard InChI is InChI=1S/C7H9ClN2OS/c1-3-5(11)9-7-10-6(8)4(2)12-7/h3H2,1-2H3,(H,9,10,11). The molecule has 1 N–H and O–H groups in total. The van der Waals surface area contributed by atoms with Crippen LogP contribution >= 0.6 is 22.9 Å². The van der Waals surface area contributed by atoms with Crippen molar-refractivity contribution in [3.8, 4) is 0 Å². The number of carbonyl (C=O) groups excluding carboxylic acids is 1. The number of nitrogens with zero attached hydrogens (tertiary/aromatic N) is 1. The van der Waals surface area contributed by atoms with E-state index in [2.05, 4.69) is 10.3 Å². The van der Waals surface area contributed by atoms with E-state index in [1.165, 1.54) is 11.3 Å². The molecule has 0 aromatic carbocycles. The van der Waals surface area contributed by atoms with E-state index in [9.17, 15) is 4.79 Å². The molecule has 66 valence electrons. The van der Waals surface area contributed by atoms with Crippen LogP contribution in [0.3, 0.4) is 0 Å². The molecule has 5 heteroatoms. The summed E-state index contributed by atoms with van der Waals surface area (Å²) >= 11 is 7.09. The van der Waals surface area contributed by atoms with Crippen molar-refractivity contribution in [2.75, 3.05) is 5.32 Å². The minimum Gasteiger partial charge on any atom is -0.302 e. The fraction of sp³-hybridized carbons (Fsp3) is 0.429. The van der Waals surface area contributed by atoms with E-state index in [-0.39, 0.29) is 5.91 Å². The van der Waals surface area contributed by atoms with Crippen LogP contribution in [0.1, 0.15) is 18.2 Å². The SMILES string of the molecule is CCC(=O)Nc1nc(Cl)c(C)s1. The van der Waals surface area contributed by atoms with Gasteiger partial charge in [0.2, 0.25) is 5.91 Å². The highest BCUT2D eigenvalue weighted by Crippen LogP contribution is 2.25. The normalized spacial score (nSPS) is 9.92. The summed E-state index contributed by atoms with van der Waals surface area (Å²) < 4.78 is 0. The van der Waals surface area contributed by atoms with Crippen LogP contribution in [0.4, 0.5) is 5.13 Å². The Hall–Kier alpha value is -0.610. The van der Waals surface area contributed by atoms with Crippen molar-refractivity contribution in [3.63, 3.8) is 0 Å². The lowest BCUT2D eigenvalue weighted by molar-refractivity contribution is -0.115. The Morgan fingerprint density at radius 1 is 1.75 bits per heavy atom. The number of hydrogen-bond acceptors (Lipinski definition) is 3. The van der Waals surface area contributed by atoms with Crippen molar-refractivity contribution < 1.29 is 4.79 Å². The van der Waals surface area contributed by atoms with Gasteiger partial charge >= 0.3 is 0 Å². The second-order valence-corrected chi connectivity index (χ2v) is 3.83. The topological polar surface area (TPSA) is 42.0 Å². The van der Waals surface area contributed by atoms with Gasteiger partial charge < -0.3 is 5.32 Å². The minimum absolute atomic E-state index is 0.0413. The van der Waals surface area contributed by atoms with Gasteiger partial charge in [0.05, 0.1) is 0 Å². The maximum Gasteiger partial charge on any atom is 0.225 e. The van der Waals surface area contributed by atoms with Crippen molar-refractivity contribution in [2.24, 2.45) is 0 Å². The Morgan fingerprint density at radius 2 is 2.42 bits per heavy atom. The van der Waals surface area contributed by atoms with E-state index in [1.54, 1.807) is 6.92 Å². The van der Waals surface area contributed by atoms with Gasteiger partial charge in [-0.3, -0.25) is 4.79 Å². The van der Waals surface area contributed by atoms with E-state index in [0.717, 1.165) is 4.88 Å². The minimum atomic E-state index is -0.0413. The molecule has 1 amide bonds. The Balaban J connectivity index is 2.70. The van der Waals surface area contributed by atoms with Crippen molar-refractivity contribution >= 4 is 34.0 Å². The van der Waals surface area contributed by atoms with Gasteiger partial charge in [0, 0.05) is 11.3 Å². The van der Waals surface area contributed by atoms with Crippen molar-refractivity contribution in [3.05, 3.63) is 10.0 Å². The zero-order chi connectivity index (χ0) is 9.14. The maximum absolute atomic E-state index is 10.9. The molecule has 0 saturated heterocycles. The molecule has 0 aliphatic carbocycles. The van der Waals surface area contributed by atoms with Gasteiger partial charge in [-0.2, -0.15) is 0 Å². The Morgan fingerprint density at radius 3 is 2.83 bits per heavy atom. The lowest BCUT2D eigenvalue weighted by Gasteiger charge is -1.95. The number of halogens is 1. The van der Waals surface area contributed by atoms with Crippen LogP contribution in [0.25, 0.3) is 0 Å². The quantitative estimate of drug-likeness (QED) is 0.804. The fourth-order valence-electron chi connectivity index (χ4n) is 0.639. The number of nitrogens with one attached hydrogen (secondary N) is 1. The molecule has 0 aliphatic heterocycles. The average molecular weight is 205 g/mol. The predicted molar refractivity (Wildman–Crippen MR) is 50.8 cm³/mol. The Kier molecular flexibility index (Phi) is 3.05. The van der Waals surface area contributed by atoms with Crippen LogP contribution < -0.4 is 5.32 Å². The highest BCUT2D eigenvalue weighted by atomic mass is 35.5. The van der Waals surface area contributed by atoms with E-state index < -0.39 is 0 Å². The van der Waals surface area contributed by atoms with Gasteiger partial charge in [-0.25, -0.2) is 4.98 Å². The molecule has 0 aliphatic rings. The zero-order valence-corrected chi connectivity index (χ0v) is 8.42. The second kappa shape index (κ2) is 3.87. The second-order valence-electron chi connectivity index (χ2n) is 2.27. The monoisotopic (exact) mass is 204 g/mol. The lowest BCUT2D eigenvalue weighted by Crippen LogP contribution is -2.08. The first-order valence-corrected chi connectivity index (χ1v) is 4.75. The van der Waals surface area contributed by atoms with Gasteiger partial charge in [0.1, 0.15) is 5.15 Å². The van der Waals surface area contributed by atoms with E-state index in [4.69, 9.17) is 11.6 Å². The van der Waals surface area contributed by atoms with Gasteiger partial charge in [0.25, 0.3) is 0 Å². The summed E-state index contributed by atoms with van der Waals surface area (Å²) in [5.41, 5.74) is 0. The summed E-state index contributed by atoms with van der Waals surface area (Å²) in [6, 6.07) is 0. The highest BCUT2D eigenvalue weighted by molar-refractivity contribution is 7.16. The molecule has 0 fully saturated rings. The third kappa shape index (κ3) is 2.19. The molecule has 0 unspecified atom stereocenters. The molecule has 0 bridgehead atoms. The van der Waals surface area contributed by atoms with Gasteiger partial charge in [-0.05, 0) is 6.92 Å². The number of aromatic nitrogens is 1. The summed E-state index contributed by atoms with van der Waals surface area (Å²) in [6.45, 7) is 3.65. The molecular weight excluding hydrogens is 196 g/mol. The van der Waals surface area contributed by atoms with Crippen molar-refractivity contribution in [1.82, 2.24) is 4.98 Å². The van der Waals surface area contributed by atoms with Gasteiger partial charge in [-0.15, -0.1) is 11.3 Å². The fourth-order valence-corrected chi connectivity index (χ4v) is 1.61. The number of carbonyl (C=O) groups is 1. The molecular formula is C7H9ClN2OS. The number of hydrogen-bond donors (Lipinski definition) is 1. The maximum atomic E-state index is 10.9. The van der Waals surface area contributed by atoms with Crippen LogP contribution in [0.5, 0.6) is 0 Å². The summed E-state index contributed by atoms with van der Waals surface area (Å²) in [4.78, 5) is 15.8. The molecule has 3 nitrogen and oxygen atoms in total. The predicted octanol–water partition coefficient (Wildman–Crippen LogP) is 2.45. The molecule has 1 heterocycles. The van der Waals surface area contributed by atoms with E-state index >= 15 is 0 Å².